The van der Waals surface area contributed by atoms with E-state index in [1.165, 1.54) is 0 Å². The Morgan fingerprint density at radius 1 is 1.33 bits per heavy atom. The normalized spacial score (nSPS) is 17.0. The predicted molar refractivity (Wildman–Crippen MR) is 87.6 cm³/mol. The predicted octanol–water partition coefficient (Wildman–Crippen LogP) is 0.312. The van der Waals surface area contributed by atoms with Gasteiger partial charge >= 0.3 is 0 Å². The van der Waals surface area contributed by atoms with Crippen molar-refractivity contribution in [2.24, 2.45) is 5.73 Å². The minimum atomic E-state index is -0.666. The van der Waals surface area contributed by atoms with Gasteiger partial charge in [0.1, 0.15) is 10.7 Å². The van der Waals surface area contributed by atoms with Gasteiger partial charge in [-0.3, -0.25) is 4.90 Å². The third-order valence-corrected chi connectivity index (χ3v) is 3.57. The lowest BCUT2D eigenvalue weighted by Gasteiger charge is -2.37. The van der Waals surface area contributed by atoms with Crippen LogP contribution in [0.25, 0.3) is 0 Å². The first-order valence-electron chi connectivity index (χ1n) is 7.10. The van der Waals surface area contributed by atoms with Gasteiger partial charge in [-0.15, -0.1) is 0 Å². The van der Waals surface area contributed by atoms with Gasteiger partial charge in [0.15, 0.2) is 0 Å². The number of aliphatic hydroxyl groups is 1. The Kier molecular flexibility index (Phi) is 4.75. The fraction of sp³-hybridized carbons (Fsp3) is 0.643. The maximum Gasteiger partial charge on any atom is 0.226 e. The van der Waals surface area contributed by atoms with E-state index < -0.39 is 5.60 Å². The number of nitrogens with zero attached hydrogens (tertiary/aromatic N) is 4. The van der Waals surface area contributed by atoms with Crippen LogP contribution in [0.1, 0.15) is 25.2 Å². The Hall–Kier alpha value is -1.31. The SMILES string of the molecule is Cc1cc(C(N)=S)nc(N2CCN(CC(C)(C)O)CC2)n1. The zero-order chi connectivity index (χ0) is 15.6. The van der Waals surface area contributed by atoms with Crippen LogP contribution >= 0.6 is 12.2 Å². The molecule has 1 fully saturated rings. The second-order valence-electron chi connectivity index (χ2n) is 6.13. The summed E-state index contributed by atoms with van der Waals surface area (Å²) in [5.74, 6) is 0.681. The molecule has 1 saturated heterocycles. The van der Waals surface area contributed by atoms with E-state index in [4.69, 9.17) is 18.0 Å². The van der Waals surface area contributed by atoms with E-state index in [0.29, 0.717) is 23.2 Å². The molecule has 0 aromatic carbocycles. The van der Waals surface area contributed by atoms with Gasteiger partial charge in [0.25, 0.3) is 0 Å². The van der Waals surface area contributed by atoms with Crippen LogP contribution in [0.2, 0.25) is 0 Å². The van der Waals surface area contributed by atoms with Crippen LogP contribution < -0.4 is 10.6 Å². The van der Waals surface area contributed by atoms with Crippen molar-refractivity contribution in [3.63, 3.8) is 0 Å². The summed E-state index contributed by atoms with van der Waals surface area (Å²) in [6.07, 6.45) is 0. The quantitative estimate of drug-likeness (QED) is 0.775. The summed E-state index contributed by atoms with van der Waals surface area (Å²) in [5.41, 5.74) is 6.47. The van der Waals surface area contributed by atoms with Crippen LogP contribution in [0.4, 0.5) is 5.95 Å². The molecule has 0 radical (unpaired) electrons. The number of aromatic nitrogens is 2. The van der Waals surface area contributed by atoms with E-state index in [-0.39, 0.29) is 0 Å². The van der Waals surface area contributed by atoms with Crippen LogP contribution in [-0.2, 0) is 0 Å². The maximum absolute atomic E-state index is 9.88. The molecule has 6 nitrogen and oxygen atoms in total. The zero-order valence-corrected chi connectivity index (χ0v) is 13.7. The molecule has 0 unspecified atom stereocenters. The standard InChI is InChI=1S/C14H23N5OS/c1-10-8-11(12(15)21)17-13(16-10)19-6-4-18(5-7-19)9-14(2,3)20/h8,20H,4-7,9H2,1-3H3,(H2,15,21). The number of aryl methyl sites for hydroxylation is 1. The molecule has 116 valence electrons. The number of thiocarbonyl (C=S) groups is 1. The Bertz CT molecular complexity index is 521. The molecule has 0 amide bonds. The second kappa shape index (κ2) is 6.21. The fourth-order valence-electron chi connectivity index (χ4n) is 2.47. The zero-order valence-electron chi connectivity index (χ0n) is 12.8. The number of rotatable bonds is 4. The largest absolute Gasteiger partial charge is 0.389 e. The highest BCUT2D eigenvalue weighted by Gasteiger charge is 2.24. The van der Waals surface area contributed by atoms with E-state index in [1.807, 2.05) is 20.8 Å². The molecule has 0 aliphatic carbocycles. The van der Waals surface area contributed by atoms with Crippen LogP contribution in [0.5, 0.6) is 0 Å². The molecule has 2 heterocycles. The average molecular weight is 309 g/mol. The number of anilines is 1. The van der Waals surface area contributed by atoms with E-state index in [2.05, 4.69) is 19.8 Å². The van der Waals surface area contributed by atoms with Crippen molar-refractivity contribution >= 4 is 23.2 Å². The molecule has 0 bridgehead atoms. The molecule has 21 heavy (non-hydrogen) atoms. The molecular formula is C14H23N5OS. The van der Waals surface area contributed by atoms with Crippen molar-refractivity contribution in [3.05, 3.63) is 17.5 Å². The highest BCUT2D eigenvalue weighted by atomic mass is 32.1. The number of β-amino-alcohol motifs (C(OH)–C–C–N with tert-alkyl or cyclic N) is 1. The summed E-state index contributed by atoms with van der Waals surface area (Å²) < 4.78 is 0. The summed E-state index contributed by atoms with van der Waals surface area (Å²) >= 11 is 4.99. The molecule has 0 atom stereocenters. The molecule has 3 N–H and O–H groups in total. The van der Waals surface area contributed by atoms with Crippen LogP contribution in [0.3, 0.4) is 0 Å². The lowest BCUT2D eigenvalue weighted by atomic mass is 10.1. The number of nitrogens with two attached hydrogens (primary N) is 1. The van der Waals surface area contributed by atoms with Gasteiger partial charge < -0.3 is 15.7 Å². The molecule has 2 rings (SSSR count). The van der Waals surface area contributed by atoms with Crippen molar-refractivity contribution in [1.82, 2.24) is 14.9 Å². The Morgan fingerprint density at radius 3 is 2.48 bits per heavy atom. The van der Waals surface area contributed by atoms with Crippen molar-refractivity contribution in [2.45, 2.75) is 26.4 Å². The molecule has 1 aromatic heterocycles. The van der Waals surface area contributed by atoms with Gasteiger partial charge in [-0.1, -0.05) is 12.2 Å². The highest BCUT2D eigenvalue weighted by molar-refractivity contribution is 7.80. The second-order valence-corrected chi connectivity index (χ2v) is 6.57. The van der Waals surface area contributed by atoms with Crippen LogP contribution in [-0.4, -0.2) is 63.3 Å². The van der Waals surface area contributed by atoms with Gasteiger partial charge in [0.2, 0.25) is 5.95 Å². The lowest BCUT2D eigenvalue weighted by Crippen LogP contribution is -2.51. The summed E-state index contributed by atoms with van der Waals surface area (Å²) in [4.78, 5) is 13.6. The summed E-state index contributed by atoms with van der Waals surface area (Å²) in [5, 5.41) is 9.88. The Labute approximate surface area is 131 Å². The summed E-state index contributed by atoms with van der Waals surface area (Å²) in [6, 6.07) is 1.80. The first-order valence-corrected chi connectivity index (χ1v) is 7.50. The van der Waals surface area contributed by atoms with E-state index in [9.17, 15) is 5.11 Å². The van der Waals surface area contributed by atoms with E-state index in [1.54, 1.807) is 6.07 Å². The molecule has 0 spiro atoms. The minimum absolute atomic E-state index is 0.294. The highest BCUT2D eigenvalue weighted by Crippen LogP contribution is 2.15. The van der Waals surface area contributed by atoms with Gasteiger partial charge in [-0.05, 0) is 26.8 Å². The topological polar surface area (TPSA) is 78.5 Å². The number of hydrogen-bond donors (Lipinski definition) is 2. The maximum atomic E-state index is 9.88. The smallest absolute Gasteiger partial charge is 0.226 e. The minimum Gasteiger partial charge on any atom is -0.389 e. The van der Waals surface area contributed by atoms with Crippen molar-refractivity contribution < 1.29 is 5.11 Å². The Balaban J connectivity index is 2.04. The number of hydrogen-bond acceptors (Lipinski definition) is 6. The van der Waals surface area contributed by atoms with Crippen LogP contribution in [0.15, 0.2) is 6.07 Å². The molecule has 1 aromatic rings. The average Bonchev–Trinajstić information content (AvgIpc) is 2.37. The molecular weight excluding hydrogens is 286 g/mol. The monoisotopic (exact) mass is 309 g/mol. The molecule has 0 saturated carbocycles. The van der Waals surface area contributed by atoms with Crippen molar-refractivity contribution in [3.8, 4) is 0 Å². The van der Waals surface area contributed by atoms with E-state index >= 15 is 0 Å². The molecule has 1 aliphatic rings. The van der Waals surface area contributed by atoms with Crippen molar-refractivity contribution in [2.75, 3.05) is 37.6 Å². The fourth-order valence-corrected chi connectivity index (χ4v) is 2.58. The Morgan fingerprint density at radius 2 is 1.95 bits per heavy atom. The molecule has 7 heteroatoms. The van der Waals surface area contributed by atoms with Crippen molar-refractivity contribution in [1.29, 1.82) is 0 Å². The van der Waals surface area contributed by atoms with Crippen LogP contribution in [0, 0.1) is 6.92 Å². The summed E-state index contributed by atoms with van der Waals surface area (Å²) in [7, 11) is 0. The third-order valence-electron chi connectivity index (χ3n) is 3.36. The first-order chi connectivity index (χ1) is 9.74. The lowest BCUT2D eigenvalue weighted by molar-refractivity contribution is 0.0344. The van der Waals surface area contributed by atoms with Gasteiger partial charge in [0, 0.05) is 38.4 Å². The van der Waals surface area contributed by atoms with Gasteiger partial charge in [0.05, 0.1) is 5.60 Å². The summed E-state index contributed by atoms with van der Waals surface area (Å²) in [6.45, 7) is 9.67. The van der Waals surface area contributed by atoms with Gasteiger partial charge in [-0.2, -0.15) is 0 Å². The van der Waals surface area contributed by atoms with E-state index in [0.717, 1.165) is 31.9 Å². The third kappa shape index (κ3) is 4.59. The number of piperazine rings is 1. The van der Waals surface area contributed by atoms with Gasteiger partial charge in [-0.25, -0.2) is 9.97 Å². The first kappa shape index (κ1) is 16.1. The molecule has 1 aliphatic heterocycles.